The number of hydrogen-bond acceptors (Lipinski definition) is 5. The molecule has 0 aromatic carbocycles. The fraction of sp³-hybridized carbons (Fsp3) is 0.737. The number of amides is 1. The molecule has 3 heterocycles. The van der Waals surface area contributed by atoms with Gasteiger partial charge in [0.05, 0.1) is 17.6 Å². The van der Waals surface area contributed by atoms with Crippen LogP contribution in [-0.2, 0) is 32.8 Å². The third kappa shape index (κ3) is 3.75. The number of thiophene rings is 1. The first-order valence-electron chi connectivity index (χ1n) is 9.10. The van der Waals surface area contributed by atoms with Gasteiger partial charge in [-0.25, -0.2) is 4.79 Å². The first-order chi connectivity index (χ1) is 12.2. The zero-order valence-electron chi connectivity index (χ0n) is 16.2. The van der Waals surface area contributed by atoms with E-state index < -0.39 is 5.60 Å². The van der Waals surface area contributed by atoms with E-state index in [4.69, 9.17) is 25.8 Å². The molecule has 146 valence electrons. The first kappa shape index (κ1) is 19.9. The lowest BCUT2D eigenvalue weighted by molar-refractivity contribution is -0.108. The Morgan fingerprint density at radius 1 is 1.46 bits per heavy atom. The quantitative estimate of drug-likeness (QED) is 0.718. The molecule has 26 heavy (non-hydrogen) atoms. The summed E-state index contributed by atoms with van der Waals surface area (Å²) in [4.78, 5) is 15.6. The van der Waals surface area contributed by atoms with Gasteiger partial charge in [-0.05, 0) is 46.1 Å². The van der Waals surface area contributed by atoms with Crippen LogP contribution in [0, 0.1) is 0 Å². The number of piperidine rings is 1. The Bertz CT molecular complexity index is 684. The smallest absolute Gasteiger partial charge is 0.410 e. The summed E-state index contributed by atoms with van der Waals surface area (Å²) in [5, 5.41) is 0. The van der Waals surface area contributed by atoms with Crippen molar-refractivity contribution in [1.82, 2.24) is 4.90 Å². The molecule has 2 unspecified atom stereocenters. The van der Waals surface area contributed by atoms with E-state index in [0.717, 1.165) is 29.2 Å². The number of methoxy groups -OCH3 is 1. The molecule has 7 heteroatoms. The molecule has 1 saturated heterocycles. The zero-order chi connectivity index (χ0) is 19.1. The molecule has 2 atom stereocenters. The third-order valence-electron chi connectivity index (χ3n) is 5.04. The predicted octanol–water partition coefficient (Wildman–Crippen LogP) is 4.74. The Kier molecular flexibility index (Phi) is 5.60. The van der Waals surface area contributed by atoms with Crippen molar-refractivity contribution in [3.8, 4) is 0 Å². The number of halogens is 1. The molecule has 2 aliphatic heterocycles. The SMILES string of the molecule is COCc1c(Cl)sc2c1CCOC21CCN(C(=O)OC(C)(C)C)C(C)C1. The Balaban J connectivity index is 1.83. The van der Waals surface area contributed by atoms with Gasteiger partial charge in [0, 0.05) is 36.6 Å². The van der Waals surface area contributed by atoms with Gasteiger partial charge in [-0.15, -0.1) is 11.3 Å². The van der Waals surface area contributed by atoms with Crippen molar-refractivity contribution in [3.05, 3.63) is 20.3 Å². The summed E-state index contributed by atoms with van der Waals surface area (Å²) in [5.41, 5.74) is 1.54. The Morgan fingerprint density at radius 2 is 2.19 bits per heavy atom. The molecule has 5 nitrogen and oxygen atoms in total. The average molecular weight is 402 g/mol. The van der Waals surface area contributed by atoms with Crippen molar-refractivity contribution in [2.45, 2.75) is 70.8 Å². The van der Waals surface area contributed by atoms with Crippen LogP contribution in [0.15, 0.2) is 0 Å². The number of likely N-dealkylation sites (tertiary alicyclic amines) is 1. The first-order valence-corrected chi connectivity index (χ1v) is 10.3. The molecule has 0 N–H and O–H groups in total. The van der Waals surface area contributed by atoms with Gasteiger partial charge in [0.1, 0.15) is 11.2 Å². The minimum atomic E-state index is -0.489. The van der Waals surface area contributed by atoms with Crippen molar-refractivity contribution in [2.75, 3.05) is 20.3 Å². The minimum absolute atomic E-state index is 0.0382. The molecule has 2 aliphatic rings. The standard InChI is InChI=1S/C19H28ClNO4S/c1-12-10-19(7-8-21(12)17(22)25-18(2,3)4)15-13(6-9-24-19)14(11-23-5)16(20)26-15/h12H,6-11H2,1-5H3. The highest BCUT2D eigenvalue weighted by Gasteiger charge is 2.47. The lowest BCUT2D eigenvalue weighted by Crippen LogP contribution is -2.53. The van der Waals surface area contributed by atoms with Gasteiger partial charge in [0.15, 0.2) is 0 Å². The number of rotatable bonds is 2. The molecule has 1 aromatic heterocycles. The maximum Gasteiger partial charge on any atom is 0.410 e. The molecule has 0 aliphatic carbocycles. The van der Waals surface area contributed by atoms with Gasteiger partial charge in [0.25, 0.3) is 0 Å². The molecule has 1 aromatic rings. The van der Waals surface area contributed by atoms with Gasteiger partial charge in [-0.1, -0.05) is 11.6 Å². The van der Waals surface area contributed by atoms with Crippen LogP contribution in [-0.4, -0.2) is 42.9 Å². The summed E-state index contributed by atoms with van der Waals surface area (Å²) < 4.78 is 18.0. The number of ether oxygens (including phenoxy) is 3. The van der Waals surface area contributed by atoms with Gasteiger partial charge < -0.3 is 19.1 Å². The molecule has 0 bridgehead atoms. The van der Waals surface area contributed by atoms with Crippen LogP contribution in [0.3, 0.4) is 0 Å². The van der Waals surface area contributed by atoms with E-state index in [-0.39, 0.29) is 17.7 Å². The van der Waals surface area contributed by atoms with Gasteiger partial charge in [0.2, 0.25) is 0 Å². The normalized spacial score (nSPS) is 26.1. The highest BCUT2D eigenvalue weighted by atomic mass is 35.5. The van der Waals surface area contributed by atoms with Crippen molar-refractivity contribution in [3.63, 3.8) is 0 Å². The monoisotopic (exact) mass is 401 g/mol. The molecular weight excluding hydrogens is 374 g/mol. The van der Waals surface area contributed by atoms with E-state index in [9.17, 15) is 4.79 Å². The van der Waals surface area contributed by atoms with Crippen LogP contribution in [0.25, 0.3) is 0 Å². The molecular formula is C19H28ClNO4S. The fourth-order valence-electron chi connectivity index (χ4n) is 3.94. The highest BCUT2D eigenvalue weighted by molar-refractivity contribution is 7.16. The number of carbonyl (C=O) groups excluding carboxylic acids is 1. The molecule has 3 rings (SSSR count). The Morgan fingerprint density at radius 3 is 2.81 bits per heavy atom. The summed E-state index contributed by atoms with van der Waals surface area (Å²) in [7, 11) is 1.69. The van der Waals surface area contributed by atoms with Crippen molar-refractivity contribution in [1.29, 1.82) is 0 Å². The summed E-state index contributed by atoms with van der Waals surface area (Å²) >= 11 is 8.11. The Hall–Kier alpha value is -0.820. The van der Waals surface area contributed by atoms with Crippen LogP contribution >= 0.6 is 22.9 Å². The largest absolute Gasteiger partial charge is 0.444 e. The van der Waals surface area contributed by atoms with Crippen LogP contribution in [0.2, 0.25) is 4.34 Å². The fourth-order valence-corrected chi connectivity index (χ4v) is 5.61. The van der Waals surface area contributed by atoms with Crippen LogP contribution in [0.5, 0.6) is 0 Å². The summed E-state index contributed by atoms with van der Waals surface area (Å²) in [6.07, 6.45) is 2.12. The minimum Gasteiger partial charge on any atom is -0.444 e. The molecule has 1 amide bonds. The second-order valence-corrected chi connectivity index (χ2v) is 9.79. The van der Waals surface area contributed by atoms with E-state index in [2.05, 4.69) is 6.92 Å². The molecule has 1 spiro atoms. The van der Waals surface area contributed by atoms with E-state index in [1.54, 1.807) is 18.4 Å². The van der Waals surface area contributed by atoms with E-state index in [1.807, 2.05) is 25.7 Å². The van der Waals surface area contributed by atoms with Crippen LogP contribution in [0.1, 0.15) is 56.5 Å². The lowest BCUT2D eigenvalue weighted by Gasteiger charge is -2.47. The average Bonchev–Trinajstić information content (AvgIpc) is 2.84. The summed E-state index contributed by atoms with van der Waals surface area (Å²) in [6.45, 7) is 9.56. The van der Waals surface area contributed by atoms with Gasteiger partial charge in [-0.2, -0.15) is 0 Å². The molecule has 1 fully saturated rings. The number of hydrogen-bond donors (Lipinski definition) is 0. The van der Waals surface area contributed by atoms with E-state index >= 15 is 0 Å². The summed E-state index contributed by atoms with van der Waals surface area (Å²) in [5.74, 6) is 0. The maximum atomic E-state index is 12.5. The topological polar surface area (TPSA) is 48.0 Å². The second-order valence-electron chi connectivity index (χ2n) is 8.16. The van der Waals surface area contributed by atoms with E-state index in [1.165, 1.54) is 10.4 Å². The zero-order valence-corrected chi connectivity index (χ0v) is 17.8. The number of carbonyl (C=O) groups is 1. The molecule has 0 saturated carbocycles. The predicted molar refractivity (Wildman–Crippen MR) is 103 cm³/mol. The maximum absolute atomic E-state index is 12.5. The molecule has 0 radical (unpaired) electrons. The summed E-state index contributed by atoms with van der Waals surface area (Å²) in [6, 6.07) is 0.0382. The third-order valence-corrected chi connectivity index (χ3v) is 6.75. The lowest BCUT2D eigenvalue weighted by atomic mass is 9.81. The van der Waals surface area contributed by atoms with Crippen molar-refractivity contribution >= 4 is 29.0 Å². The van der Waals surface area contributed by atoms with E-state index in [0.29, 0.717) is 19.8 Å². The Labute approximate surface area is 164 Å². The number of fused-ring (bicyclic) bond motifs is 2. The van der Waals surface area contributed by atoms with Gasteiger partial charge >= 0.3 is 6.09 Å². The second kappa shape index (κ2) is 7.30. The van der Waals surface area contributed by atoms with Crippen molar-refractivity contribution in [2.24, 2.45) is 0 Å². The number of nitrogens with zero attached hydrogens (tertiary/aromatic N) is 1. The van der Waals surface area contributed by atoms with Crippen LogP contribution in [0.4, 0.5) is 4.79 Å². The van der Waals surface area contributed by atoms with Crippen molar-refractivity contribution < 1.29 is 19.0 Å². The van der Waals surface area contributed by atoms with Crippen LogP contribution < -0.4 is 0 Å². The highest BCUT2D eigenvalue weighted by Crippen LogP contribution is 2.50. The van der Waals surface area contributed by atoms with Gasteiger partial charge in [-0.3, -0.25) is 0 Å².